The second-order valence-electron chi connectivity index (χ2n) is 3.63. The minimum atomic E-state index is 0.286. The standard InChI is InChI=1S/C11H13BrN4/c1-3-5-8(2)13-11-14-10-9(12)6-4-7-16(10)15-11/h3-4,6-8H,1,5H2,2H3,(H,13,15). The molecule has 0 aromatic carbocycles. The number of hydrogen-bond acceptors (Lipinski definition) is 3. The van der Waals surface area contributed by atoms with Crippen LogP contribution < -0.4 is 5.32 Å². The minimum Gasteiger partial charge on any atom is -0.350 e. The molecule has 0 aliphatic heterocycles. The Morgan fingerprint density at radius 2 is 2.50 bits per heavy atom. The van der Waals surface area contributed by atoms with Crippen LogP contribution in [-0.4, -0.2) is 20.6 Å². The first kappa shape index (κ1) is 11.1. The van der Waals surface area contributed by atoms with Crippen molar-refractivity contribution in [2.45, 2.75) is 19.4 Å². The third-order valence-electron chi connectivity index (χ3n) is 2.21. The molecule has 1 unspecified atom stereocenters. The summed E-state index contributed by atoms with van der Waals surface area (Å²) in [6, 6.07) is 4.15. The van der Waals surface area contributed by atoms with E-state index in [4.69, 9.17) is 0 Å². The number of halogens is 1. The fourth-order valence-electron chi connectivity index (χ4n) is 1.46. The third kappa shape index (κ3) is 2.24. The van der Waals surface area contributed by atoms with Crippen molar-refractivity contribution in [3.05, 3.63) is 35.5 Å². The molecule has 84 valence electrons. The summed E-state index contributed by atoms with van der Waals surface area (Å²) in [6.07, 6.45) is 4.64. The van der Waals surface area contributed by atoms with Crippen molar-refractivity contribution >= 4 is 27.5 Å². The molecule has 0 spiro atoms. The van der Waals surface area contributed by atoms with Crippen molar-refractivity contribution in [1.82, 2.24) is 14.6 Å². The molecule has 1 atom stereocenters. The van der Waals surface area contributed by atoms with Crippen LogP contribution in [0.2, 0.25) is 0 Å². The van der Waals surface area contributed by atoms with E-state index in [9.17, 15) is 0 Å². The minimum absolute atomic E-state index is 0.286. The summed E-state index contributed by atoms with van der Waals surface area (Å²) in [6.45, 7) is 5.78. The van der Waals surface area contributed by atoms with Crippen molar-refractivity contribution in [3.63, 3.8) is 0 Å². The molecule has 0 radical (unpaired) electrons. The van der Waals surface area contributed by atoms with E-state index in [2.05, 4.69) is 44.8 Å². The van der Waals surface area contributed by atoms with Gasteiger partial charge in [0, 0.05) is 12.2 Å². The molecule has 4 nitrogen and oxygen atoms in total. The number of aromatic nitrogens is 3. The molecule has 2 rings (SSSR count). The maximum Gasteiger partial charge on any atom is 0.243 e. The SMILES string of the molecule is C=CCC(C)Nc1nc2c(Br)cccn2n1. The van der Waals surface area contributed by atoms with Crippen LogP contribution in [-0.2, 0) is 0 Å². The van der Waals surface area contributed by atoms with E-state index >= 15 is 0 Å². The molecule has 2 aromatic heterocycles. The maximum atomic E-state index is 4.39. The zero-order valence-corrected chi connectivity index (χ0v) is 10.6. The number of anilines is 1. The first-order chi connectivity index (χ1) is 7.70. The summed E-state index contributed by atoms with van der Waals surface area (Å²) in [7, 11) is 0. The van der Waals surface area contributed by atoms with Crippen LogP contribution in [0.1, 0.15) is 13.3 Å². The summed E-state index contributed by atoms with van der Waals surface area (Å²) in [4.78, 5) is 4.39. The normalized spacial score (nSPS) is 12.6. The highest BCUT2D eigenvalue weighted by Gasteiger charge is 2.07. The summed E-state index contributed by atoms with van der Waals surface area (Å²) >= 11 is 3.44. The van der Waals surface area contributed by atoms with Crippen molar-refractivity contribution in [2.75, 3.05) is 5.32 Å². The highest BCUT2D eigenvalue weighted by atomic mass is 79.9. The molecule has 0 bridgehead atoms. The predicted molar refractivity (Wildman–Crippen MR) is 68.6 cm³/mol. The van der Waals surface area contributed by atoms with Crippen LogP contribution in [0.4, 0.5) is 5.95 Å². The number of nitrogens with zero attached hydrogens (tertiary/aromatic N) is 3. The van der Waals surface area contributed by atoms with Gasteiger partial charge in [-0.15, -0.1) is 11.7 Å². The Balaban J connectivity index is 2.26. The lowest BCUT2D eigenvalue weighted by atomic mass is 10.2. The van der Waals surface area contributed by atoms with E-state index in [-0.39, 0.29) is 6.04 Å². The van der Waals surface area contributed by atoms with Gasteiger partial charge in [0.1, 0.15) is 0 Å². The molecule has 0 amide bonds. The lowest BCUT2D eigenvalue weighted by Crippen LogP contribution is -2.14. The van der Waals surface area contributed by atoms with E-state index in [1.165, 1.54) is 0 Å². The van der Waals surface area contributed by atoms with E-state index < -0.39 is 0 Å². The Labute approximate surface area is 103 Å². The average Bonchev–Trinajstić information content (AvgIpc) is 2.62. The van der Waals surface area contributed by atoms with Crippen molar-refractivity contribution in [1.29, 1.82) is 0 Å². The Bertz CT molecular complexity index is 506. The van der Waals surface area contributed by atoms with Crippen molar-refractivity contribution < 1.29 is 0 Å². The first-order valence-electron chi connectivity index (χ1n) is 5.09. The van der Waals surface area contributed by atoms with Crippen LogP contribution in [0.5, 0.6) is 0 Å². The van der Waals surface area contributed by atoms with Gasteiger partial charge in [-0.05, 0) is 41.4 Å². The van der Waals surface area contributed by atoms with Gasteiger partial charge in [0.2, 0.25) is 5.95 Å². The van der Waals surface area contributed by atoms with Gasteiger partial charge in [-0.3, -0.25) is 0 Å². The van der Waals surface area contributed by atoms with Crippen LogP contribution in [0.3, 0.4) is 0 Å². The van der Waals surface area contributed by atoms with Gasteiger partial charge in [0.15, 0.2) is 5.65 Å². The van der Waals surface area contributed by atoms with Crippen LogP contribution in [0.15, 0.2) is 35.5 Å². The van der Waals surface area contributed by atoms with E-state index in [1.54, 1.807) is 4.52 Å². The molecule has 0 saturated heterocycles. The van der Waals surface area contributed by atoms with Gasteiger partial charge >= 0.3 is 0 Å². The molecule has 0 aliphatic rings. The fourth-order valence-corrected chi connectivity index (χ4v) is 1.89. The van der Waals surface area contributed by atoms with Gasteiger partial charge in [-0.25, -0.2) is 4.52 Å². The predicted octanol–water partition coefficient (Wildman–Crippen LogP) is 2.87. The van der Waals surface area contributed by atoms with Crippen molar-refractivity contribution in [3.8, 4) is 0 Å². The quantitative estimate of drug-likeness (QED) is 0.876. The molecule has 2 aromatic rings. The fraction of sp³-hybridized carbons (Fsp3) is 0.273. The zero-order valence-electron chi connectivity index (χ0n) is 9.02. The van der Waals surface area contributed by atoms with Gasteiger partial charge < -0.3 is 5.32 Å². The second kappa shape index (κ2) is 4.65. The lowest BCUT2D eigenvalue weighted by Gasteiger charge is -2.08. The smallest absolute Gasteiger partial charge is 0.243 e. The summed E-state index contributed by atoms with van der Waals surface area (Å²) < 4.78 is 2.68. The monoisotopic (exact) mass is 280 g/mol. The van der Waals surface area contributed by atoms with Gasteiger partial charge in [-0.1, -0.05) is 6.08 Å². The van der Waals surface area contributed by atoms with E-state index in [1.807, 2.05) is 24.4 Å². The Morgan fingerprint density at radius 1 is 1.69 bits per heavy atom. The zero-order chi connectivity index (χ0) is 11.5. The lowest BCUT2D eigenvalue weighted by molar-refractivity contribution is 0.796. The number of nitrogens with one attached hydrogen (secondary N) is 1. The number of hydrogen-bond donors (Lipinski definition) is 1. The summed E-state index contributed by atoms with van der Waals surface area (Å²) in [5.41, 5.74) is 0.816. The van der Waals surface area contributed by atoms with Gasteiger partial charge in [0.25, 0.3) is 0 Å². The van der Waals surface area contributed by atoms with Crippen LogP contribution in [0.25, 0.3) is 5.65 Å². The molecule has 1 N–H and O–H groups in total. The van der Waals surface area contributed by atoms with Gasteiger partial charge in [0.05, 0.1) is 4.47 Å². The molecular formula is C11H13BrN4. The topological polar surface area (TPSA) is 42.2 Å². The highest BCUT2D eigenvalue weighted by molar-refractivity contribution is 9.10. The maximum absolute atomic E-state index is 4.39. The van der Waals surface area contributed by atoms with Crippen molar-refractivity contribution in [2.24, 2.45) is 0 Å². The molecule has 2 heterocycles. The largest absolute Gasteiger partial charge is 0.350 e. The number of rotatable bonds is 4. The first-order valence-corrected chi connectivity index (χ1v) is 5.88. The Hall–Kier alpha value is -1.36. The number of pyridine rings is 1. The van der Waals surface area contributed by atoms with E-state index in [0.717, 1.165) is 16.5 Å². The van der Waals surface area contributed by atoms with E-state index in [0.29, 0.717) is 5.95 Å². The molecule has 16 heavy (non-hydrogen) atoms. The summed E-state index contributed by atoms with van der Waals surface area (Å²) in [5, 5.41) is 7.55. The van der Waals surface area contributed by atoms with Gasteiger partial charge in [-0.2, -0.15) is 4.98 Å². The molecule has 5 heteroatoms. The molecule has 0 aliphatic carbocycles. The Morgan fingerprint density at radius 3 is 3.19 bits per heavy atom. The second-order valence-corrected chi connectivity index (χ2v) is 4.48. The molecule has 0 saturated carbocycles. The average molecular weight is 281 g/mol. The Kier molecular flexibility index (Phi) is 3.24. The summed E-state index contributed by atoms with van der Waals surface area (Å²) in [5.74, 6) is 0.640. The molecule has 0 fully saturated rings. The van der Waals surface area contributed by atoms with Crippen LogP contribution in [0, 0.1) is 0 Å². The highest BCUT2D eigenvalue weighted by Crippen LogP contribution is 2.17. The molecular weight excluding hydrogens is 268 g/mol. The third-order valence-corrected chi connectivity index (χ3v) is 2.83. The van der Waals surface area contributed by atoms with Crippen LogP contribution >= 0.6 is 15.9 Å². The number of fused-ring (bicyclic) bond motifs is 1.